The van der Waals surface area contributed by atoms with E-state index in [1.165, 1.54) is 6.92 Å². The van der Waals surface area contributed by atoms with Crippen molar-refractivity contribution in [2.75, 3.05) is 11.9 Å². The predicted molar refractivity (Wildman–Crippen MR) is 72.6 cm³/mol. The van der Waals surface area contributed by atoms with Crippen molar-refractivity contribution in [2.45, 2.75) is 34.2 Å². The summed E-state index contributed by atoms with van der Waals surface area (Å²) in [6.45, 7) is 7.89. The summed E-state index contributed by atoms with van der Waals surface area (Å²) in [6.07, 6.45) is 0. The zero-order valence-electron chi connectivity index (χ0n) is 11.4. The average molecular weight is 248 g/mol. The Morgan fingerprint density at radius 3 is 2.33 bits per heavy atom. The first-order chi connectivity index (χ1) is 8.40. The molecule has 0 spiro atoms. The fourth-order valence-electron chi connectivity index (χ4n) is 1.72. The molecule has 2 N–H and O–H groups in total. The summed E-state index contributed by atoms with van der Waals surface area (Å²) >= 11 is 0. The van der Waals surface area contributed by atoms with Crippen molar-refractivity contribution < 1.29 is 9.59 Å². The van der Waals surface area contributed by atoms with E-state index in [9.17, 15) is 9.59 Å². The van der Waals surface area contributed by atoms with Crippen molar-refractivity contribution >= 4 is 17.4 Å². The molecule has 98 valence electrons. The monoisotopic (exact) mass is 248 g/mol. The van der Waals surface area contributed by atoms with Gasteiger partial charge in [-0.15, -0.1) is 0 Å². The Morgan fingerprint density at radius 1 is 1.11 bits per heavy atom. The molecule has 0 saturated carbocycles. The number of aryl methyl sites for hydroxylation is 2. The van der Waals surface area contributed by atoms with Crippen LogP contribution in [0.25, 0.3) is 0 Å². The number of Topliss-reactive ketones (excluding diaryl/α,β-unsaturated/α-hetero) is 1. The third-order valence-electron chi connectivity index (χ3n) is 2.74. The Bertz CT molecular complexity index is 428. The summed E-state index contributed by atoms with van der Waals surface area (Å²) in [6, 6.07) is 4.04. The van der Waals surface area contributed by atoms with E-state index in [0.717, 1.165) is 22.4 Å². The van der Waals surface area contributed by atoms with Gasteiger partial charge in [-0.2, -0.15) is 0 Å². The molecule has 4 heteroatoms. The zero-order valence-corrected chi connectivity index (χ0v) is 11.4. The molecule has 0 radical (unpaired) electrons. The minimum Gasteiger partial charge on any atom is -0.378 e. The molecule has 0 unspecified atom stereocenters. The smallest absolute Gasteiger partial charge is 0.217 e. The van der Waals surface area contributed by atoms with Crippen molar-refractivity contribution in [2.24, 2.45) is 0 Å². The predicted octanol–water partition coefficient (Wildman–Crippen LogP) is 1.94. The molecule has 18 heavy (non-hydrogen) atoms. The van der Waals surface area contributed by atoms with E-state index in [0.29, 0.717) is 13.1 Å². The fraction of sp³-hybridized carbons (Fsp3) is 0.429. The van der Waals surface area contributed by atoms with Gasteiger partial charge in [-0.1, -0.05) is 6.07 Å². The highest BCUT2D eigenvalue weighted by Gasteiger charge is 2.05. The van der Waals surface area contributed by atoms with Crippen molar-refractivity contribution in [3.8, 4) is 0 Å². The molecule has 1 amide bonds. The van der Waals surface area contributed by atoms with Crippen LogP contribution < -0.4 is 10.6 Å². The fourth-order valence-corrected chi connectivity index (χ4v) is 1.72. The van der Waals surface area contributed by atoms with Gasteiger partial charge in [0.1, 0.15) is 5.78 Å². The number of carbonyl (C=O) groups is 2. The van der Waals surface area contributed by atoms with Crippen LogP contribution in [0.1, 0.15) is 30.5 Å². The number of amides is 1. The van der Waals surface area contributed by atoms with Crippen LogP contribution in [0.4, 0.5) is 5.69 Å². The summed E-state index contributed by atoms with van der Waals surface area (Å²) in [5, 5.41) is 5.89. The molecular formula is C14H20N2O2. The van der Waals surface area contributed by atoms with Crippen LogP contribution in [-0.2, 0) is 16.1 Å². The van der Waals surface area contributed by atoms with Gasteiger partial charge in [0.2, 0.25) is 5.91 Å². The topological polar surface area (TPSA) is 58.2 Å². The highest BCUT2D eigenvalue weighted by Crippen LogP contribution is 2.20. The normalized spacial score (nSPS) is 10.0. The number of rotatable bonds is 5. The summed E-state index contributed by atoms with van der Waals surface area (Å²) < 4.78 is 0. The Morgan fingerprint density at radius 2 is 1.78 bits per heavy atom. The Hall–Kier alpha value is -1.84. The molecule has 0 aliphatic heterocycles. The van der Waals surface area contributed by atoms with E-state index in [4.69, 9.17) is 0 Å². The highest BCUT2D eigenvalue weighted by atomic mass is 16.1. The molecular weight excluding hydrogens is 228 g/mol. The summed E-state index contributed by atoms with van der Waals surface area (Å²) in [4.78, 5) is 21.9. The second-order valence-corrected chi connectivity index (χ2v) is 4.56. The third-order valence-corrected chi connectivity index (χ3v) is 2.74. The second-order valence-electron chi connectivity index (χ2n) is 4.56. The minimum absolute atomic E-state index is 0.0479. The van der Waals surface area contributed by atoms with Gasteiger partial charge >= 0.3 is 0 Å². The van der Waals surface area contributed by atoms with Crippen LogP contribution in [0.15, 0.2) is 12.1 Å². The van der Waals surface area contributed by atoms with E-state index in [-0.39, 0.29) is 11.7 Å². The molecule has 1 rings (SSSR count). The number of hydrogen-bond donors (Lipinski definition) is 2. The van der Waals surface area contributed by atoms with Gasteiger partial charge in [-0.05, 0) is 43.5 Å². The molecule has 1 aromatic carbocycles. The van der Waals surface area contributed by atoms with Gasteiger partial charge in [0.05, 0.1) is 6.54 Å². The SMILES string of the molecule is CC(=O)CNc1cc(CNC(C)=O)c(C)cc1C. The lowest BCUT2D eigenvalue weighted by Crippen LogP contribution is -2.20. The molecule has 1 aromatic rings. The standard InChI is InChI=1S/C14H20N2O2/c1-9-5-10(2)14(16-7-11(3)17)6-13(9)8-15-12(4)18/h5-6,16H,7-8H2,1-4H3,(H,15,18). The number of hydrogen-bond acceptors (Lipinski definition) is 3. The number of benzene rings is 1. The maximum Gasteiger partial charge on any atom is 0.217 e. The Labute approximate surface area is 108 Å². The van der Waals surface area contributed by atoms with Crippen molar-refractivity contribution in [3.05, 3.63) is 28.8 Å². The Kier molecular flexibility index (Phi) is 4.89. The first kappa shape index (κ1) is 14.2. The lowest BCUT2D eigenvalue weighted by molar-refractivity contribution is -0.119. The van der Waals surface area contributed by atoms with E-state index >= 15 is 0 Å². The van der Waals surface area contributed by atoms with Crippen molar-refractivity contribution in [1.82, 2.24) is 5.32 Å². The van der Waals surface area contributed by atoms with E-state index < -0.39 is 0 Å². The molecule has 0 fully saturated rings. The van der Waals surface area contributed by atoms with E-state index in [1.54, 1.807) is 6.92 Å². The van der Waals surface area contributed by atoms with Gasteiger partial charge in [-0.25, -0.2) is 0 Å². The summed E-state index contributed by atoms with van der Waals surface area (Å²) in [5.41, 5.74) is 4.23. The lowest BCUT2D eigenvalue weighted by atomic mass is 10.0. The van der Waals surface area contributed by atoms with Crippen LogP contribution >= 0.6 is 0 Å². The zero-order chi connectivity index (χ0) is 13.7. The van der Waals surface area contributed by atoms with Crippen LogP contribution in [0.5, 0.6) is 0 Å². The molecule has 0 aromatic heterocycles. The maximum absolute atomic E-state index is 11.0. The second kappa shape index (κ2) is 6.19. The lowest BCUT2D eigenvalue weighted by Gasteiger charge is -2.13. The van der Waals surface area contributed by atoms with Crippen LogP contribution in [0.2, 0.25) is 0 Å². The van der Waals surface area contributed by atoms with E-state index in [2.05, 4.69) is 16.7 Å². The largest absolute Gasteiger partial charge is 0.378 e. The average Bonchev–Trinajstić information content (AvgIpc) is 2.26. The third kappa shape index (κ3) is 4.20. The van der Waals surface area contributed by atoms with Gasteiger partial charge in [-0.3, -0.25) is 9.59 Å². The first-order valence-electron chi connectivity index (χ1n) is 5.98. The molecule has 4 nitrogen and oxygen atoms in total. The molecule has 0 aliphatic carbocycles. The molecule has 0 heterocycles. The van der Waals surface area contributed by atoms with Crippen molar-refractivity contribution in [3.63, 3.8) is 0 Å². The van der Waals surface area contributed by atoms with Gasteiger partial charge in [0.25, 0.3) is 0 Å². The number of anilines is 1. The van der Waals surface area contributed by atoms with Crippen LogP contribution in [-0.4, -0.2) is 18.2 Å². The number of ketones is 1. The molecule has 0 atom stereocenters. The molecule has 0 saturated heterocycles. The molecule has 0 bridgehead atoms. The summed E-state index contributed by atoms with van der Waals surface area (Å²) in [5.74, 6) is 0.0478. The summed E-state index contributed by atoms with van der Waals surface area (Å²) in [7, 11) is 0. The Balaban J connectivity index is 2.87. The highest BCUT2D eigenvalue weighted by molar-refractivity contribution is 5.80. The number of nitrogens with one attached hydrogen (secondary N) is 2. The van der Waals surface area contributed by atoms with E-state index in [1.807, 2.05) is 19.9 Å². The van der Waals surface area contributed by atoms with Crippen molar-refractivity contribution in [1.29, 1.82) is 0 Å². The maximum atomic E-state index is 11.0. The van der Waals surface area contributed by atoms with Gasteiger partial charge < -0.3 is 10.6 Å². The molecule has 0 aliphatic rings. The van der Waals surface area contributed by atoms with Gasteiger partial charge in [0.15, 0.2) is 0 Å². The quantitative estimate of drug-likeness (QED) is 0.837. The first-order valence-corrected chi connectivity index (χ1v) is 5.98. The number of carbonyl (C=O) groups excluding carboxylic acids is 2. The van der Waals surface area contributed by atoms with Crippen LogP contribution in [0, 0.1) is 13.8 Å². The van der Waals surface area contributed by atoms with Crippen LogP contribution in [0.3, 0.4) is 0 Å². The van der Waals surface area contributed by atoms with Gasteiger partial charge in [0, 0.05) is 19.2 Å². The minimum atomic E-state index is -0.0479.